The van der Waals surface area contributed by atoms with Crippen molar-refractivity contribution in [2.24, 2.45) is 0 Å². The molecule has 1 unspecified atom stereocenters. The maximum absolute atomic E-state index is 13.3. The number of hydrogen-bond donors (Lipinski definition) is 2. The van der Waals surface area contributed by atoms with Crippen LogP contribution in [0.15, 0.2) is 48.2 Å². The van der Waals surface area contributed by atoms with E-state index in [1.54, 1.807) is 18.1 Å². The maximum atomic E-state index is 13.3. The molecular formula is C27H31N3O4. The van der Waals surface area contributed by atoms with E-state index in [2.05, 4.69) is 4.98 Å². The number of para-hydroxylation sites is 1. The number of aromatic nitrogens is 1. The number of rotatable bonds is 7. The highest BCUT2D eigenvalue weighted by molar-refractivity contribution is 6.46. The van der Waals surface area contributed by atoms with Gasteiger partial charge in [-0.15, -0.1) is 0 Å². The van der Waals surface area contributed by atoms with Gasteiger partial charge in [-0.3, -0.25) is 9.59 Å². The normalized spacial score (nSPS) is 17.8. The Kier molecular flexibility index (Phi) is 6.48. The van der Waals surface area contributed by atoms with Gasteiger partial charge in [-0.05, 0) is 70.2 Å². The van der Waals surface area contributed by atoms with Gasteiger partial charge in [0.15, 0.2) is 0 Å². The Hall–Kier alpha value is -3.58. The molecule has 7 heteroatoms. The fourth-order valence-corrected chi connectivity index (χ4v) is 4.72. The van der Waals surface area contributed by atoms with Crippen LogP contribution in [0, 0.1) is 13.8 Å². The molecule has 0 radical (unpaired) electrons. The third-order valence-corrected chi connectivity index (χ3v) is 6.46. The third kappa shape index (κ3) is 4.07. The number of ether oxygens (including phenoxy) is 1. The molecule has 2 heterocycles. The van der Waals surface area contributed by atoms with Gasteiger partial charge in [0.05, 0.1) is 18.7 Å². The number of ketones is 1. The van der Waals surface area contributed by atoms with E-state index in [-0.39, 0.29) is 11.3 Å². The van der Waals surface area contributed by atoms with Crippen LogP contribution in [0.3, 0.4) is 0 Å². The van der Waals surface area contributed by atoms with Crippen LogP contribution in [0.1, 0.15) is 34.7 Å². The highest BCUT2D eigenvalue weighted by atomic mass is 16.5. The zero-order chi connectivity index (χ0) is 24.6. The van der Waals surface area contributed by atoms with Gasteiger partial charge < -0.3 is 24.6 Å². The van der Waals surface area contributed by atoms with Gasteiger partial charge in [-0.25, -0.2) is 0 Å². The number of aliphatic hydroxyl groups excluding tert-OH is 1. The molecule has 4 rings (SSSR count). The number of carbonyl (C=O) groups is 2. The summed E-state index contributed by atoms with van der Waals surface area (Å²) in [6, 6.07) is 10.7. The Morgan fingerprint density at radius 3 is 2.59 bits per heavy atom. The molecule has 2 N–H and O–H groups in total. The summed E-state index contributed by atoms with van der Waals surface area (Å²) >= 11 is 0. The van der Waals surface area contributed by atoms with Crippen molar-refractivity contribution < 1.29 is 19.4 Å². The molecule has 1 aliphatic rings. The second kappa shape index (κ2) is 9.35. The summed E-state index contributed by atoms with van der Waals surface area (Å²) < 4.78 is 5.40. The number of fused-ring (bicyclic) bond motifs is 1. The number of amides is 1. The number of benzene rings is 2. The molecular weight excluding hydrogens is 430 g/mol. The summed E-state index contributed by atoms with van der Waals surface area (Å²) in [5, 5.41) is 12.4. The molecule has 1 atom stereocenters. The van der Waals surface area contributed by atoms with E-state index in [1.807, 2.05) is 69.4 Å². The number of hydrogen-bond acceptors (Lipinski definition) is 5. The van der Waals surface area contributed by atoms with Crippen molar-refractivity contribution in [1.29, 1.82) is 0 Å². The molecule has 0 spiro atoms. The van der Waals surface area contributed by atoms with Crippen LogP contribution in [-0.2, 0) is 9.59 Å². The minimum Gasteiger partial charge on any atom is -0.507 e. The van der Waals surface area contributed by atoms with Gasteiger partial charge in [0.25, 0.3) is 11.7 Å². The molecule has 0 bridgehead atoms. The molecule has 1 saturated heterocycles. The number of aryl methyl sites for hydroxylation is 2. The molecule has 34 heavy (non-hydrogen) atoms. The number of methoxy groups -OCH3 is 1. The zero-order valence-electron chi connectivity index (χ0n) is 20.3. The van der Waals surface area contributed by atoms with Gasteiger partial charge in [0, 0.05) is 34.8 Å². The van der Waals surface area contributed by atoms with Gasteiger partial charge in [0.1, 0.15) is 11.5 Å². The van der Waals surface area contributed by atoms with E-state index < -0.39 is 17.7 Å². The van der Waals surface area contributed by atoms with Crippen LogP contribution in [0.4, 0.5) is 0 Å². The smallest absolute Gasteiger partial charge is 0.295 e. The Morgan fingerprint density at radius 2 is 1.88 bits per heavy atom. The first-order valence-electron chi connectivity index (χ1n) is 11.4. The highest BCUT2D eigenvalue weighted by Crippen LogP contribution is 2.42. The molecule has 0 saturated carbocycles. The standard InChI is InChI=1S/C27H31N3O4/c1-16-14-22(34-5)17(2)13-19(16)25(31)23-24(20-15-28-21-10-7-6-9-18(20)21)30(27(33)26(23)32)12-8-11-29(3)4/h6-7,9-10,13-15,24,28,31H,8,11-12H2,1-5H3/b25-23+. The number of Topliss-reactive ketones (excluding diaryl/α,β-unsaturated/α-hetero) is 1. The van der Waals surface area contributed by atoms with Crippen molar-refractivity contribution in [3.63, 3.8) is 0 Å². The molecule has 0 aliphatic carbocycles. The quantitative estimate of drug-likeness (QED) is 0.313. The lowest BCUT2D eigenvalue weighted by molar-refractivity contribution is -0.139. The van der Waals surface area contributed by atoms with E-state index in [4.69, 9.17) is 4.74 Å². The third-order valence-electron chi connectivity index (χ3n) is 6.46. The summed E-state index contributed by atoms with van der Waals surface area (Å²) in [7, 11) is 5.54. The lowest BCUT2D eigenvalue weighted by Crippen LogP contribution is -2.32. The van der Waals surface area contributed by atoms with E-state index >= 15 is 0 Å². The number of aromatic amines is 1. The average molecular weight is 462 g/mol. The number of carbonyl (C=O) groups excluding carboxylic acids is 2. The zero-order valence-corrected chi connectivity index (χ0v) is 20.3. The Balaban J connectivity index is 1.90. The Morgan fingerprint density at radius 1 is 1.15 bits per heavy atom. The van der Waals surface area contributed by atoms with Crippen molar-refractivity contribution in [2.75, 3.05) is 34.3 Å². The number of nitrogens with one attached hydrogen (secondary N) is 1. The summed E-state index contributed by atoms with van der Waals surface area (Å²) in [6.07, 6.45) is 2.54. The van der Waals surface area contributed by atoms with Gasteiger partial charge in [-0.1, -0.05) is 18.2 Å². The lowest BCUT2D eigenvalue weighted by Gasteiger charge is -2.25. The lowest BCUT2D eigenvalue weighted by atomic mass is 9.93. The summed E-state index contributed by atoms with van der Waals surface area (Å²) in [5.74, 6) is -0.706. The molecule has 3 aromatic rings. The van der Waals surface area contributed by atoms with Crippen LogP contribution in [0.2, 0.25) is 0 Å². The van der Waals surface area contributed by atoms with Gasteiger partial charge in [0.2, 0.25) is 0 Å². The van der Waals surface area contributed by atoms with Crippen molar-refractivity contribution in [3.05, 3.63) is 70.4 Å². The minimum atomic E-state index is -0.680. The number of nitrogens with zero attached hydrogens (tertiary/aromatic N) is 2. The van der Waals surface area contributed by atoms with E-state index in [1.165, 1.54) is 0 Å². The molecule has 1 aromatic heterocycles. The Labute approximate surface area is 199 Å². The van der Waals surface area contributed by atoms with Crippen molar-refractivity contribution in [3.8, 4) is 5.75 Å². The minimum absolute atomic E-state index is 0.118. The monoisotopic (exact) mass is 461 g/mol. The predicted octanol–water partition coefficient (Wildman–Crippen LogP) is 4.17. The van der Waals surface area contributed by atoms with Gasteiger partial charge in [-0.2, -0.15) is 0 Å². The summed E-state index contributed by atoms with van der Waals surface area (Å²) in [4.78, 5) is 33.4. The first-order chi connectivity index (χ1) is 16.2. The van der Waals surface area contributed by atoms with Crippen LogP contribution < -0.4 is 4.74 Å². The van der Waals surface area contributed by atoms with Gasteiger partial charge >= 0.3 is 0 Å². The molecule has 1 fully saturated rings. The number of H-pyrrole nitrogens is 1. The number of aliphatic hydroxyl groups is 1. The first-order valence-corrected chi connectivity index (χ1v) is 11.4. The largest absolute Gasteiger partial charge is 0.507 e. The summed E-state index contributed by atoms with van der Waals surface area (Å²) in [6.45, 7) is 4.92. The maximum Gasteiger partial charge on any atom is 0.295 e. The fourth-order valence-electron chi connectivity index (χ4n) is 4.72. The molecule has 1 aliphatic heterocycles. The predicted molar refractivity (Wildman–Crippen MR) is 133 cm³/mol. The van der Waals surface area contributed by atoms with Crippen LogP contribution >= 0.6 is 0 Å². The SMILES string of the molecule is COc1cc(C)c(/C(O)=C2\C(=O)C(=O)N(CCCN(C)C)C2c2c[nH]c3ccccc23)cc1C. The second-order valence-electron chi connectivity index (χ2n) is 9.08. The second-order valence-corrected chi connectivity index (χ2v) is 9.08. The van der Waals surface area contributed by atoms with Crippen molar-refractivity contribution in [2.45, 2.75) is 26.3 Å². The average Bonchev–Trinajstić information content (AvgIpc) is 3.33. The van der Waals surface area contributed by atoms with Crippen molar-refractivity contribution in [1.82, 2.24) is 14.8 Å². The first kappa shape index (κ1) is 23.6. The molecule has 178 valence electrons. The molecule has 1 amide bonds. The van der Waals surface area contributed by atoms with E-state index in [9.17, 15) is 14.7 Å². The van der Waals surface area contributed by atoms with Crippen LogP contribution in [-0.4, -0.2) is 65.9 Å². The van der Waals surface area contributed by atoms with Crippen LogP contribution in [0.5, 0.6) is 5.75 Å². The topological polar surface area (TPSA) is 85.9 Å². The molecule has 2 aromatic carbocycles. The fraction of sp³-hybridized carbons (Fsp3) is 0.333. The number of likely N-dealkylation sites (tertiary alicyclic amines) is 1. The van der Waals surface area contributed by atoms with Crippen LogP contribution in [0.25, 0.3) is 16.7 Å². The highest BCUT2D eigenvalue weighted by Gasteiger charge is 2.46. The van der Waals surface area contributed by atoms with Crippen molar-refractivity contribution >= 4 is 28.4 Å². The van der Waals surface area contributed by atoms with E-state index in [0.717, 1.165) is 34.1 Å². The van der Waals surface area contributed by atoms with E-state index in [0.29, 0.717) is 24.3 Å². The molecule has 7 nitrogen and oxygen atoms in total. The summed E-state index contributed by atoms with van der Waals surface area (Å²) in [5.41, 5.74) is 3.94. The Bertz CT molecular complexity index is 1290.